The third-order valence-electron chi connectivity index (χ3n) is 3.66. The van der Waals surface area contributed by atoms with Gasteiger partial charge in [0.1, 0.15) is 0 Å². The van der Waals surface area contributed by atoms with E-state index in [1.807, 2.05) is 45.0 Å². The van der Waals surface area contributed by atoms with Crippen molar-refractivity contribution in [1.29, 1.82) is 0 Å². The summed E-state index contributed by atoms with van der Waals surface area (Å²) in [6.45, 7) is 6.32. The normalized spacial score (nSPS) is 26.2. The first-order valence-electron chi connectivity index (χ1n) is 6.49. The minimum Gasteiger partial charge on any atom is -0.462 e. The van der Waals surface area contributed by atoms with Gasteiger partial charge in [-0.05, 0) is 45.2 Å². The first kappa shape index (κ1) is 13.1. The quantitative estimate of drug-likeness (QED) is 0.830. The Kier molecular flexibility index (Phi) is 3.44. The van der Waals surface area contributed by atoms with Crippen LogP contribution in [-0.4, -0.2) is 18.6 Å². The highest BCUT2D eigenvalue weighted by Crippen LogP contribution is 2.54. The van der Waals surface area contributed by atoms with Crippen LogP contribution in [0.25, 0.3) is 0 Å². The fourth-order valence-electron chi connectivity index (χ4n) is 2.51. The second-order valence-electron chi connectivity index (χ2n) is 5.43. The van der Waals surface area contributed by atoms with Crippen LogP contribution >= 0.6 is 0 Å². The summed E-state index contributed by atoms with van der Waals surface area (Å²) in [6.07, 6.45) is 0.719. The average Bonchev–Trinajstić information content (AvgIpc) is 3.05. The maximum Gasteiger partial charge on any atom is 0.317 e. The van der Waals surface area contributed by atoms with E-state index in [2.05, 4.69) is 0 Å². The molecule has 1 aromatic rings. The van der Waals surface area contributed by atoms with Gasteiger partial charge in [0.25, 0.3) is 0 Å². The molecule has 18 heavy (non-hydrogen) atoms. The first-order valence-corrected chi connectivity index (χ1v) is 6.49. The van der Waals surface area contributed by atoms with Crippen LogP contribution in [0.4, 0.5) is 0 Å². The van der Waals surface area contributed by atoms with Crippen LogP contribution in [0.5, 0.6) is 0 Å². The summed E-state index contributed by atoms with van der Waals surface area (Å²) in [5.74, 6) is 0.0864. The SMILES string of the molecule is Cc1ccc([C@]2(C(=O)OC(C)C)CC2CN)cc1. The van der Waals surface area contributed by atoms with E-state index in [9.17, 15) is 4.79 Å². The molecule has 0 aromatic heterocycles. The van der Waals surface area contributed by atoms with Crippen LogP contribution < -0.4 is 5.73 Å². The number of carbonyl (C=O) groups is 1. The topological polar surface area (TPSA) is 52.3 Å². The van der Waals surface area contributed by atoms with Gasteiger partial charge in [0.05, 0.1) is 11.5 Å². The Morgan fingerprint density at radius 1 is 1.44 bits per heavy atom. The summed E-state index contributed by atoms with van der Waals surface area (Å²) in [7, 11) is 0. The van der Waals surface area contributed by atoms with Gasteiger partial charge in [0.2, 0.25) is 0 Å². The van der Waals surface area contributed by atoms with E-state index in [1.54, 1.807) is 0 Å². The van der Waals surface area contributed by atoms with E-state index in [1.165, 1.54) is 5.56 Å². The summed E-state index contributed by atoms with van der Waals surface area (Å²) in [5.41, 5.74) is 7.47. The number of hydrogen-bond acceptors (Lipinski definition) is 3. The van der Waals surface area contributed by atoms with Gasteiger partial charge in [-0.3, -0.25) is 4.79 Å². The number of aryl methyl sites for hydroxylation is 1. The molecule has 1 aliphatic carbocycles. The van der Waals surface area contributed by atoms with E-state index >= 15 is 0 Å². The number of hydrogen-bond donors (Lipinski definition) is 1. The van der Waals surface area contributed by atoms with Crippen LogP contribution in [0.15, 0.2) is 24.3 Å². The van der Waals surface area contributed by atoms with Gasteiger partial charge >= 0.3 is 5.97 Å². The molecule has 1 aliphatic rings. The lowest BCUT2D eigenvalue weighted by atomic mass is 9.92. The van der Waals surface area contributed by atoms with Crippen molar-refractivity contribution in [3.05, 3.63) is 35.4 Å². The van der Waals surface area contributed by atoms with Crippen molar-refractivity contribution in [3.8, 4) is 0 Å². The fraction of sp³-hybridized carbons (Fsp3) is 0.533. The number of nitrogens with two attached hydrogens (primary N) is 1. The van der Waals surface area contributed by atoms with Gasteiger partial charge in [-0.25, -0.2) is 0 Å². The molecule has 0 radical (unpaired) electrons. The van der Waals surface area contributed by atoms with Crippen molar-refractivity contribution >= 4 is 5.97 Å². The lowest BCUT2D eigenvalue weighted by molar-refractivity contribution is -0.151. The molecular formula is C15H21NO2. The third kappa shape index (κ3) is 2.15. The van der Waals surface area contributed by atoms with Crippen LogP contribution in [0, 0.1) is 12.8 Å². The minimum atomic E-state index is -0.493. The second-order valence-corrected chi connectivity index (χ2v) is 5.43. The van der Waals surface area contributed by atoms with Crippen molar-refractivity contribution in [2.75, 3.05) is 6.54 Å². The van der Waals surface area contributed by atoms with Gasteiger partial charge in [0, 0.05) is 0 Å². The fourth-order valence-corrected chi connectivity index (χ4v) is 2.51. The molecule has 1 unspecified atom stereocenters. The maximum atomic E-state index is 12.3. The zero-order valence-electron chi connectivity index (χ0n) is 11.3. The van der Waals surface area contributed by atoms with Crippen molar-refractivity contribution < 1.29 is 9.53 Å². The molecule has 1 fully saturated rings. The molecule has 0 spiro atoms. The molecule has 98 valence electrons. The Balaban J connectivity index is 2.28. The number of ether oxygens (including phenoxy) is 1. The number of esters is 1. The third-order valence-corrected chi connectivity index (χ3v) is 3.66. The number of carbonyl (C=O) groups excluding carboxylic acids is 1. The predicted octanol–water partition coefficient (Wildman–Crippen LogP) is 2.16. The molecular weight excluding hydrogens is 226 g/mol. The van der Waals surface area contributed by atoms with Crippen LogP contribution in [0.2, 0.25) is 0 Å². The van der Waals surface area contributed by atoms with E-state index in [-0.39, 0.29) is 18.0 Å². The summed E-state index contributed by atoms with van der Waals surface area (Å²) in [6, 6.07) is 8.11. The van der Waals surface area contributed by atoms with Crippen LogP contribution in [0.1, 0.15) is 31.4 Å². The first-order chi connectivity index (χ1) is 8.50. The molecule has 3 heteroatoms. The molecule has 0 amide bonds. The van der Waals surface area contributed by atoms with Crippen LogP contribution in [0.3, 0.4) is 0 Å². The molecule has 2 rings (SSSR count). The minimum absolute atomic E-state index is 0.0844. The highest BCUT2D eigenvalue weighted by Gasteiger charge is 2.61. The summed E-state index contributed by atoms with van der Waals surface area (Å²) >= 11 is 0. The smallest absolute Gasteiger partial charge is 0.317 e. The highest BCUT2D eigenvalue weighted by atomic mass is 16.5. The van der Waals surface area contributed by atoms with Crippen molar-refractivity contribution in [1.82, 2.24) is 0 Å². The summed E-state index contributed by atoms with van der Waals surface area (Å²) in [5, 5.41) is 0. The molecule has 2 N–H and O–H groups in total. The molecule has 2 atom stereocenters. The van der Waals surface area contributed by atoms with Crippen molar-refractivity contribution in [3.63, 3.8) is 0 Å². The lowest BCUT2D eigenvalue weighted by Gasteiger charge is -2.19. The second kappa shape index (κ2) is 4.73. The average molecular weight is 247 g/mol. The number of rotatable bonds is 4. The lowest BCUT2D eigenvalue weighted by Crippen LogP contribution is -2.29. The van der Waals surface area contributed by atoms with E-state index < -0.39 is 5.41 Å². The molecule has 3 nitrogen and oxygen atoms in total. The maximum absolute atomic E-state index is 12.3. The number of benzene rings is 1. The summed E-state index contributed by atoms with van der Waals surface area (Å²) in [4.78, 5) is 12.3. The van der Waals surface area contributed by atoms with Gasteiger partial charge in [-0.2, -0.15) is 0 Å². The predicted molar refractivity (Wildman–Crippen MR) is 71.2 cm³/mol. The molecule has 0 saturated heterocycles. The highest BCUT2D eigenvalue weighted by molar-refractivity contribution is 5.87. The zero-order chi connectivity index (χ0) is 13.3. The van der Waals surface area contributed by atoms with Gasteiger partial charge < -0.3 is 10.5 Å². The Labute approximate surface area is 108 Å². The van der Waals surface area contributed by atoms with E-state index in [4.69, 9.17) is 10.5 Å². The Hall–Kier alpha value is -1.35. The molecule has 0 heterocycles. The van der Waals surface area contributed by atoms with Gasteiger partial charge in [0.15, 0.2) is 0 Å². The van der Waals surface area contributed by atoms with Crippen molar-refractivity contribution in [2.24, 2.45) is 11.7 Å². The van der Waals surface area contributed by atoms with E-state index in [0.717, 1.165) is 12.0 Å². The molecule has 1 saturated carbocycles. The zero-order valence-corrected chi connectivity index (χ0v) is 11.3. The molecule has 0 aliphatic heterocycles. The summed E-state index contributed by atoms with van der Waals surface area (Å²) < 4.78 is 5.40. The Morgan fingerprint density at radius 2 is 2.06 bits per heavy atom. The monoisotopic (exact) mass is 247 g/mol. The van der Waals surface area contributed by atoms with Gasteiger partial charge in [-0.1, -0.05) is 29.8 Å². The standard InChI is InChI=1S/C15H21NO2/c1-10(2)18-14(17)15(8-13(15)9-16)12-6-4-11(3)5-7-12/h4-7,10,13H,8-9,16H2,1-3H3/t13?,15-/m1/s1. The van der Waals surface area contributed by atoms with Crippen molar-refractivity contribution in [2.45, 2.75) is 38.7 Å². The Morgan fingerprint density at radius 3 is 2.50 bits per heavy atom. The Bertz CT molecular complexity index is 438. The van der Waals surface area contributed by atoms with Crippen LogP contribution in [-0.2, 0) is 14.9 Å². The molecule has 0 bridgehead atoms. The molecule has 1 aromatic carbocycles. The van der Waals surface area contributed by atoms with E-state index in [0.29, 0.717) is 6.54 Å². The van der Waals surface area contributed by atoms with Gasteiger partial charge in [-0.15, -0.1) is 0 Å². The largest absolute Gasteiger partial charge is 0.462 e.